The molecule has 0 N–H and O–H groups in total. The van der Waals surface area contributed by atoms with Crippen LogP contribution in [0.4, 0.5) is 0 Å². The first-order valence-electron chi connectivity index (χ1n) is 7.11. The van der Waals surface area contributed by atoms with Crippen molar-refractivity contribution in [1.29, 1.82) is 0 Å². The van der Waals surface area contributed by atoms with Crippen molar-refractivity contribution in [1.82, 2.24) is 9.80 Å². The highest BCUT2D eigenvalue weighted by molar-refractivity contribution is 9.10. The van der Waals surface area contributed by atoms with E-state index in [4.69, 9.17) is 11.6 Å². The predicted molar refractivity (Wildman–Crippen MR) is 94.7 cm³/mol. The van der Waals surface area contributed by atoms with Gasteiger partial charge in [-0.3, -0.25) is 9.69 Å². The lowest BCUT2D eigenvalue weighted by Crippen LogP contribution is -2.48. The van der Waals surface area contributed by atoms with Gasteiger partial charge in [0.15, 0.2) is 0 Å². The number of piperazine rings is 1. The number of rotatable bonds is 3. The SMILES string of the molecule is O=C(c1cc(Br)ccc1Cl)N1CCN(Cc2ccsc2)CC1. The fourth-order valence-corrected chi connectivity index (χ4v) is 3.80. The number of carbonyl (C=O) groups excluding carboxylic acids is 1. The maximum atomic E-state index is 12.6. The summed E-state index contributed by atoms with van der Waals surface area (Å²) >= 11 is 11.3. The number of amides is 1. The van der Waals surface area contributed by atoms with Crippen molar-refractivity contribution in [3.05, 3.63) is 55.6 Å². The lowest BCUT2D eigenvalue weighted by molar-refractivity contribution is 0.0628. The summed E-state index contributed by atoms with van der Waals surface area (Å²) in [5.74, 6) is 0.0153. The van der Waals surface area contributed by atoms with Gasteiger partial charge in [-0.05, 0) is 40.6 Å². The Bertz CT molecular complexity index is 654. The number of benzene rings is 1. The number of halogens is 2. The van der Waals surface area contributed by atoms with E-state index < -0.39 is 0 Å². The van der Waals surface area contributed by atoms with Crippen LogP contribution >= 0.6 is 38.9 Å². The molecule has 1 aliphatic heterocycles. The molecule has 3 rings (SSSR count). The highest BCUT2D eigenvalue weighted by atomic mass is 79.9. The van der Waals surface area contributed by atoms with Gasteiger partial charge >= 0.3 is 0 Å². The molecule has 0 unspecified atom stereocenters. The van der Waals surface area contributed by atoms with E-state index in [0.29, 0.717) is 10.6 Å². The second-order valence-electron chi connectivity index (χ2n) is 5.32. The van der Waals surface area contributed by atoms with Gasteiger partial charge in [-0.25, -0.2) is 0 Å². The third-order valence-corrected chi connectivity index (χ3v) is 5.36. The molecule has 0 atom stereocenters. The molecule has 2 aromatic rings. The highest BCUT2D eigenvalue weighted by Crippen LogP contribution is 2.23. The van der Waals surface area contributed by atoms with E-state index in [1.54, 1.807) is 23.5 Å². The van der Waals surface area contributed by atoms with E-state index in [1.165, 1.54) is 5.56 Å². The average Bonchev–Trinajstić information content (AvgIpc) is 3.03. The summed E-state index contributed by atoms with van der Waals surface area (Å²) in [5.41, 5.74) is 1.92. The van der Waals surface area contributed by atoms with Gasteiger partial charge in [0, 0.05) is 37.2 Å². The number of hydrogen-bond donors (Lipinski definition) is 0. The minimum atomic E-state index is 0.0153. The Morgan fingerprint density at radius 3 is 2.68 bits per heavy atom. The largest absolute Gasteiger partial charge is 0.336 e. The van der Waals surface area contributed by atoms with E-state index in [-0.39, 0.29) is 5.91 Å². The smallest absolute Gasteiger partial charge is 0.255 e. The van der Waals surface area contributed by atoms with Crippen LogP contribution in [-0.2, 0) is 6.54 Å². The Morgan fingerprint density at radius 1 is 1.23 bits per heavy atom. The molecule has 22 heavy (non-hydrogen) atoms. The molecule has 116 valence electrons. The second kappa shape index (κ2) is 7.13. The molecule has 1 aromatic heterocycles. The average molecular weight is 400 g/mol. The molecule has 1 fully saturated rings. The summed E-state index contributed by atoms with van der Waals surface area (Å²) in [6.07, 6.45) is 0. The Hall–Kier alpha value is -0.880. The minimum Gasteiger partial charge on any atom is -0.336 e. The summed E-state index contributed by atoms with van der Waals surface area (Å²) in [6, 6.07) is 7.55. The number of hydrogen-bond acceptors (Lipinski definition) is 3. The van der Waals surface area contributed by atoms with E-state index in [2.05, 4.69) is 37.7 Å². The molecular weight excluding hydrogens is 384 g/mol. The zero-order valence-corrected chi connectivity index (χ0v) is 15.1. The van der Waals surface area contributed by atoms with Crippen molar-refractivity contribution >= 4 is 44.8 Å². The topological polar surface area (TPSA) is 23.6 Å². The molecule has 1 amide bonds. The van der Waals surface area contributed by atoms with Crippen LogP contribution < -0.4 is 0 Å². The molecule has 0 radical (unpaired) electrons. The van der Waals surface area contributed by atoms with Crippen molar-refractivity contribution in [3.63, 3.8) is 0 Å². The Kier molecular flexibility index (Phi) is 5.18. The molecule has 0 aliphatic carbocycles. The van der Waals surface area contributed by atoms with Crippen LogP contribution in [0.5, 0.6) is 0 Å². The highest BCUT2D eigenvalue weighted by Gasteiger charge is 2.23. The lowest BCUT2D eigenvalue weighted by Gasteiger charge is -2.34. The van der Waals surface area contributed by atoms with Crippen molar-refractivity contribution in [2.24, 2.45) is 0 Å². The fourth-order valence-electron chi connectivity index (χ4n) is 2.58. The van der Waals surface area contributed by atoms with Gasteiger partial charge in [-0.2, -0.15) is 11.3 Å². The van der Waals surface area contributed by atoms with Gasteiger partial charge in [0.2, 0.25) is 0 Å². The molecule has 1 aromatic carbocycles. The number of thiophene rings is 1. The molecule has 6 heteroatoms. The Morgan fingerprint density at radius 2 is 2.00 bits per heavy atom. The first-order valence-corrected chi connectivity index (χ1v) is 9.22. The van der Waals surface area contributed by atoms with Gasteiger partial charge < -0.3 is 4.90 Å². The Labute approximate surface area is 147 Å². The second-order valence-corrected chi connectivity index (χ2v) is 7.43. The third kappa shape index (κ3) is 3.71. The maximum Gasteiger partial charge on any atom is 0.255 e. The monoisotopic (exact) mass is 398 g/mol. The standard InChI is InChI=1S/C16H16BrClN2OS/c17-13-1-2-15(18)14(9-13)16(21)20-6-4-19(5-7-20)10-12-3-8-22-11-12/h1-3,8-9,11H,4-7,10H2. The van der Waals surface area contributed by atoms with Gasteiger partial charge in [0.05, 0.1) is 10.6 Å². The van der Waals surface area contributed by atoms with E-state index in [1.807, 2.05) is 11.0 Å². The molecule has 0 spiro atoms. The molecule has 0 bridgehead atoms. The lowest BCUT2D eigenvalue weighted by atomic mass is 10.1. The number of carbonyl (C=O) groups is 1. The van der Waals surface area contributed by atoms with Crippen molar-refractivity contribution in [2.75, 3.05) is 26.2 Å². The van der Waals surface area contributed by atoms with Gasteiger partial charge in [0.1, 0.15) is 0 Å². The van der Waals surface area contributed by atoms with Crippen molar-refractivity contribution in [2.45, 2.75) is 6.54 Å². The zero-order chi connectivity index (χ0) is 15.5. The predicted octanol–water partition coefficient (Wildman–Crippen LogP) is 4.12. The molecule has 3 nitrogen and oxygen atoms in total. The summed E-state index contributed by atoms with van der Waals surface area (Å²) in [6.45, 7) is 4.24. The van der Waals surface area contributed by atoms with Crippen LogP contribution in [0.15, 0.2) is 39.5 Å². The first-order chi connectivity index (χ1) is 10.6. The van der Waals surface area contributed by atoms with Crippen LogP contribution in [0.2, 0.25) is 5.02 Å². The van der Waals surface area contributed by atoms with E-state index >= 15 is 0 Å². The molecular formula is C16H16BrClN2OS. The summed E-state index contributed by atoms with van der Waals surface area (Å²) in [5, 5.41) is 4.79. The van der Waals surface area contributed by atoms with Crippen LogP contribution in [-0.4, -0.2) is 41.9 Å². The van der Waals surface area contributed by atoms with Crippen molar-refractivity contribution in [3.8, 4) is 0 Å². The summed E-state index contributed by atoms with van der Waals surface area (Å²) in [4.78, 5) is 16.9. The summed E-state index contributed by atoms with van der Waals surface area (Å²) in [7, 11) is 0. The normalized spacial score (nSPS) is 16.0. The molecule has 1 saturated heterocycles. The maximum absolute atomic E-state index is 12.6. The molecule has 0 saturated carbocycles. The fraction of sp³-hybridized carbons (Fsp3) is 0.312. The van der Waals surface area contributed by atoms with Gasteiger partial charge in [0.25, 0.3) is 5.91 Å². The quantitative estimate of drug-likeness (QED) is 0.775. The van der Waals surface area contributed by atoms with Gasteiger partial charge in [-0.1, -0.05) is 27.5 Å². The van der Waals surface area contributed by atoms with Crippen LogP contribution in [0.25, 0.3) is 0 Å². The van der Waals surface area contributed by atoms with E-state index in [0.717, 1.165) is 37.2 Å². The zero-order valence-electron chi connectivity index (χ0n) is 12.0. The minimum absolute atomic E-state index is 0.0153. The summed E-state index contributed by atoms with van der Waals surface area (Å²) < 4.78 is 0.872. The first kappa shape index (κ1) is 16.0. The van der Waals surface area contributed by atoms with Crippen LogP contribution in [0, 0.1) is 0 Å². The third-order valence-electron chi connectivity index (χ3n) is 3.80. The van der Waals surface area contributed by atoms with Crippen molar-refractivity contribution < 1.29 is 4.79 Å². The molecule has 1 aliphatic rings. The van der Waals surface area contributed by atoms with Crippen LogP contribution in [0.3, 0.4) is 0 Å². The number of nitrogens with zero attached hydrogens (tertiary/aromatic N) is 2. The Balaban J connectivity index is 1.61. The van der Waals surface area contributed by atoms with Crippen LogP contribution in [0.1, 0.15) is 15.9 Å². The van der Waals surface area contributed by atoms with E-state index in [9.17, 15) is 4.79 Å². The molecule has 2 heterocycles. The van der Waals surface area contributed by atoms with Gasteiger partial charge in [-0.15, -0.1) is 0 Å².